The molecule has 0 saturated heterocycles. The Hall–Kier alpha value is -2.54. The monoisotopic (exact) mass is 418 g/mol. The number of rotatable bonds is 1. The van der Waals surface area contributed by atoms with Gasteiger partial charge in [0, 0.05) is 47.9 Å². The zero-order chi connectivity index (χ0) is 21.1. The fourth-order valence-corrected chi connectivity index (χ4v) is 4.09. The molecule has 1 N–H and O–H groups in total. The molecule has 3 heterocycles. The van der Waals surface area contributed by atoms with Gasteiger partial charge in [0.1, 0.15) is 5.60 Å². The molecule has 1 aliphatic rings. The summed E-state index contributed by atoms with van der Waals surface area (Å²) in [6.45, 7) is 8.34. The first-order chi connectivity index (χ1) is 13.5. The van der Waals surface area contributed by atoms with Crippen molar-refractivity contribution in [2.75, 3.05) is 6.54 Å². The highest BCUT2D eigenvalue weighted by atomic mass is 35.5. The average Bonchev–Trinajstić information content (AvgIpc) is 3.21. The first-order valence-electron chi connectivity index (χ1n) is 9.55. The molecule has 0 fully saturated rings. The van der Waals surface area contributed by atoms with Gasteiger partial charge in [0.25, 0.3) is 0 Å². The van der Waals surface area contributed by atoms with Crippen LogP contribution in [0.5, 0.6) is 0 Å². The molecule has 0 bridgehead atoms. The number of aromatic nitrogens is 3. The number of halogens is 2. The summed E-state index contributed by atoms with van der Waals surface area (Å²) in [6.07, 6.45) is 1.45. The lowest BCUT2D eigenvalue weighted by molar-refractivity contribution is 0.0209. The van der Waals surface area contributed by atoms with Gasteiger partial charge < -0.3 is 14.6 Å². The Morgan fingerprint density at radius 2 is 2.14 bits per heavy atom. The molecule has 8 heteroatoms. The van der Waals surface area contributed by atoms with E-state index in [4.69, 9.17) is 16.3 Å². The number of aromatic amines is 1. The second kappa shape index (κ2) is 6.76. The Morgan fingerprint density at radius 3 is 2.76 bits per heavy atom. The average molecular weight is 419 g/mol. The van der Waals surface area contributed by atoms with E-state index in [0.717, 1.165) is 16.8 Å². The third-order valence-corrected chi connectivity index (χ3v) is 5.36. The van der Waals surface area contributed by atoms with Gasteiger partial charge in [-0.3, -0.25) is 4.68 Å². The smallest absolute Gasteiger partial charge is 0.410 e. The highest BCUT2D eigenvalue weighted by molar-refractivity contribution is 6.32. The fourth-order valence-electron chi connectivity index (χ4n) is 3.89. The molecule has 0 saturated carbocycles. The summed E-state index contributed by atoms with van der Waals surface area (Å²) in [5.74, 6) is -0.500. The van der Waals surface area contributed by atoms with Crippen LogP contribution in [0.25, 0.3) is 22.2 Å². The molecule has 0 spiro atoms. The maximum Gasteiger partial charge on any atom is 0.410 e. The van der Waals surface area contributed by atoms with Crippen molar-refractivity contribution >= 4 is 28.6 Å². The topological polar surface area (TPSA) is 63.1 Å². The molecule has 0 aliphatic carbocycles. The van der Waals surface area contributed by atoms with Gasteiger partial charge in [-0.15, -0.1) is 0 Å². The van der Waals surface area contributed by atoms with Crippen LogP contribution in [0.3, 0.4) is 0 Å². The van der Waals surface area contributed by atoms with Crippen LogP contribution in [0, 0.1) is 5.82 Å². The molecular formula is C21H24ClFN4O2. The van der Waals surface area contributed by atoms with Gasteiger partial charge >= 0.3 is 6.09 Å². The quantitative estimate of drug-likeness (QED) is 0.589. The number of ether oxygens (including phenoxy) is 1. The van der Waals surface area contributed by atoms with Crippen LogP contribution in [0.4, 0.5) is 9.18 Å². The molecule has 1 aromatic carbocycles. The van der Waals surface area contributed by atoms with E-state index in [1.165, 1.54) is 0 Å². The van der Waals surface area contributed by atoms with E-state index < -0.39 is 11.4 Å². The Balaban J connectivity index is 1.88. The number of benzene rings is 1. The van der Waals surface area contributed by atoms with E-state index in [9.17, 15) is 9.18 Å². The summed E-state index contributed by atoms with van der Waals surface area (Å²) in [6, 6.07) is 3.47. The Labute approximate surface area is 173 Å². The fraction of sp³-hybridized carbons (Fsp3) is 0.429. The van der Waals surface area contributed by atoms with Gasteiger partial charge in [-0.1, -0.05) is 18.5 Å². The number of nitrogens with zero attached hydrogens (tertiary/aromatic N) is 3. The predicted molar refractivity (Wildman–Crippen MR) is 111 cm³/mol. The SMILES string of the molecule is CC1CN(C(=O)OC(C)(C)C)Cc2c1[nH]c1c(F)c(Cl)cc(-c3ccn(C)n3)c21. The van der Waals surface area contributed by atoms with E-state index in [1.807, 2.05) is 47.0 Å². The maximum atomic E-state index is 14.9. The third kappa shape index (κ3) is 3.48. The van der Waals surface area contributed by atoms with E-state index in [-0.39, 0.29) is 17.0 Å². The first kappa shape index (κ1) is 19.8. The van der Waals surface area contributed by atoms with Gasteiger partial charge in [-0.2, -0.15) is 5.10 Å². The summed E-state index contributed by atoms with van der Waals surface area (Å²) in [5.41, 5.74) is 2.99. The molecule has 29 heavy (non-hydrogen) atoms. The van der Waals surface area contributed by atoms with Crippen molar-refractivity contribution in [1.29, 1.82) is 0 Å². The number of carbonyl (C=O) groups is 1. The van der Waals surface area contributed by atoms with Crippen molar-refractivity contribution in [2.45, 2.75) is 45.8 Å². The summed E-state index contributed by atoms with van der Waals surface area (Å²) < 4.78 is 22.1. The number of H-pyrrole nitrogens is 1. The molecule has 1 unspecified atom stereocenters. The number of fused-ring (bicyclic) bond motifs is 3. The summed E-state index contributed by atoms with van der Waals surface area (Å²) in [5, 5.41) is 5.21. The molecular weight excluding hydrogens is 395 g/mol. The normalized spacial score (nSPS) is 16.9. The van der Waals surface area contributed by atoms with Crippen molar-refractivity contribution in [3.8, 4) is 11.3 Å². The number of nitrogens with one attached hydrogen (secondary N) is 1. The Kier molecular flexibility index (Phi) is 4.61. The predicted octanol–water partition coefficient (Wildman–Crippen LogP) is 5.22. The molecule has 1 amide bonds. The number of amides is 1. The van der Waals surface area contributed by atoms with Crippen LogP contribution in [0.2, 0.25) is 5.02 Å². The lowest BCUT2D eigenvalue weighted by Gasteiger charge is -2.33. The van der Waals surface area contributed by atoms with E-state index in [2.05, 4.69) is 10.1 Å². The first-order valence-corrected chi connectivity index (χ1v) is 9.93. The standard InChI is InChI=1S/C21H24ClFN4O2/c1-11-9-27(20(28)29-21(2,3)4)10-13-16-12(15-6-7-26(5)25-15)8-14(22)17(23)19(16)24-18(11)13/h6-8,11,24H,9-10H2,1-5H3. The van der Waals surface area contributed by atoms with Gasteiger partial charge in [-0.05, 0) is 32.9 Å². The molecule has 1 aliphatic heterocycles. The zero-order valence-corrected chi connectivity index (χ0v) is 17.9. The molecule has 6 nitrogen and oxygen atoms in total. The zero-order valence-electron chi connectivity index (χ0n) is 17.1. The van der Waals surface area contributed by atoms with Crippen molar-refractivity contribution in [3.63, 3.8) is 0 Å². The van der Waals surface area contributed by atoms with Crippen molar-refractivity contribution in [3.05, 3.63) is 40.4 Å². The third-order valence-electron chi connectivity index (χ3n) is 5.08. The van der Waals surface area contributed by atoms with E-state index >= 15 is 0 Å². The second-order valence-electron chi connectivity index (χ2n) is 8.62. The van der Waals surface area contributed by atoms with Crippen LogP contribution in [-0.4, -0.2) is 37.9 Å². The highest BCUT2D eigenvalue weighted by Gasteiger charge is 2.33. The van der Waals surface area contributed by atoms with Crippen LogP contribution in [0.1, 0.15) is 44.9 Å². The van der Waals surface area contributed by atoms with Gasteiger partial charge in [0.15, 0.2) is 5.82 Å². The largest absolute Gasteiger partial charge is 0.444 e. The maximum absolute atomic E-state index is 14.9. The minimum atomic E-state index is -0.584. The van der Waals surface area contributed by atoms with Gasteiger partial charge in [-0.25, -0.2) is 9.18 Å². The lowest BCUT2D eigenvalue weighted by atomic mass is 9.94. The van der Waals surface area contributed by atoms with Crippen molar-refractivity contribution in [2.24, 2.45) is 7.05 Å². The van der Waals surface area contributed by atoms with Crippen LogP contribution in [-0.2, 0) is 18.3 Å². The van der Waals surface area contributed by atoms with Crippen LogP contribution >= 0.6 is 11.6 Å². The number of hydrogen-bond acceptors (Lipinski definition) is 3. The van der Waals surface area contributed by atoms with Gasteiger partial charge in [0.05, 0.1) is 22.8 Å². The van der Waals surface area contributed by atoms with Crippen molar-refractivity contribution < 1.29 is 13.9 Å². The molecule has 3 aromatic rings. The minimum absolute atomic E-state index is 0.00609. The summed E-state index contributed by atoms with van der Waals surface area (Å²) in [7, 11) is 1.82. The number of aryl methyl sites for hydroxylation is 1. The van der Waals surface area contributed by atoms with E-state index in [1.54, 1.807) is 15.6 Å². The summed E-state index contributed by atoms with van der Waals surface area (Å²) in [4.78, 5) is 17.6. The van der Waals surface area contributed by atoms with Crippen LogP contribution in [0.15, 0.2) is 18.3 Å². The number of carbonyl (C=O) groups excluding carboxylic acids is 1. The second-order valence-corrected chi connectivity index (χ2v) is 9.03. The Bertz CT molecular complexity index is 1110. The summed E-state index contributed by atoms with van der Waals surface area (Å²) >= 11 is 6.19. The minimum Gasteiger partial charge on any atom is -0.444 e. The lowest BCUT2D eigenvalue weighted by Crippen LogP contribution is -2.40. The Morgan fingerprint density at radius 1 is 1.41 bits per heavy atom. The van der Waals surface area contributed by atoms with Crippen molar-refractivity contribution in [1.82, 2.24) is 19.7 Å². The highest BCUT2D eigenvalue weighted by Crippen LogP contribution is 2.41. The molecule has 154 valence electrons. The molecule has 0 radical (unpaired) electrons. The van der Waals surface area contributed by atoms with Crippen LogP contribution < -0.4 is 0 Å². The van der Waals surface area contributed by atoms with E-state index in [0.29, 0.717) is 29.7 Å². The number of hydrogen-bond donors (Lipinski definition) is 1. The molecule has 1 atom stereocenters. The molecule has 4 rings (SSSR count). The van der Waals surface area contributed by atoms with Gasteiger partial charge in [0.2, 0.25) is 0 Å². The molecule has 2 aromatic heterocycles.